The molecule has 5 nitrogen and oxygen atoms in total. The van der Waals surface area contributed by atoms with Crippen molar-refractivity contribution in [1.29, 1.82) is 0 Å². The fraction of sp³-hybridized carbons (Fsp3) is 0.385. The molecule has 0 aliphatic heterocycles. The molecule has 0 radical (unpaired) electrons. The molecule has 0 aliphatic carbocycles. The molecule has 0 bridgehead atoms. The average molecular weight is 282 g/mol. The van der Waals surface area contributed by atoms with E-state index in [1.807, 2.05) is 32.0 Å². The van der Waals surface area contributed by atoms with E-state index in [2.05, 4.69) is 10.1 Å². The lowest BCUT2D eigenvalue weighted by Gasteiger charge is -2.05. The molecule has 19 heavy (non-hydrogen) atoms. The number of hydrogen-bond acceptors (Lipinski definition) is 5. The van der Waals surface area contributed by atoms with Crippen molar-refractivity contribution < 1.29 is 9.26 Å². The quantitative estimate of drug-likeness (QED) is 0.912. The van der Waals surface area contributed by atoms with Gasteiger partial charge in [-0.3, -0.25) is 0 Å². The van der Waals surface area contributed by atoms with E-state index in [0.29, 0.717) is 30.0 Å². The topological polar surface area (TPSA) is 74.2 Å². The van der Waals surface area contributed by atoms with Crippen molar-refractivity contribution in [3.8, 4) is 11.5 Å². The van der Waals surface area contributed by atoms with Crippen LogP contribution in [0.3, 0.4) is 0 Å². The molecule has 1 aromatic heterocycles. The van der Waals surface area contributed by atoms with E-state index >= 15 is 0 Å². The summed E-state index contributed by atoms with van der Waals surface area (Å²) in [5.41, 5.74) is 7.62. The molecule has 1 heterocycles. The maximum absolute atomic E-state index is 6.07. The second-order valence-electron chi connectivity index (χ2n) is 4.14. The molecule has 6 heteroatoms. The largest absolute Gasteiger partial charge is 0.380 e. The van der Waals surface area contributed by atoms with Gasteiger partial charge in [0.05, 0.1) is 12.6 Å². The Labute approximate surface area is 116 Å². The third kappa shape index (κ3) is 3.12. The monoisotopic (exact) mass is 281 g/mol. The molecule has 2 aromatic rings. The van der Waals surface area contributed by atoms with Crippen molar-refractivity contribution in [1.82, 2.24) is 10.1 Å². The number of halogens is 1. The van der Waals surface area contributed by atoms with Crippen LogP contribution in [0.25, 0.3) is 11.5 Å². The second kappa shape index (κ2) is 6.14. The minimum absolute atomic E-state index is 0.365. The number of aromatic nitrogens is 2. The molecular formula is C13H16ClN3O2. The van der Waals surface area contributed by atoms with Gasteiger partial charge in [0.1, 0.15) is 0 Å². The minimum Gasteiger partial charge on any atom is -0.380 e. The highest BCUT2D eigenvalue weighted by molar-refractivity contribution is 6.31. The van der Waals surface area contributed by atoms with Gasteiger partial charge in [0.2, 0.25) is 0 Å². The Kier molecular flexibility index (Phi) is 4.52. The van der Waals surface area contributed by atoms with Crippen molar-refractivity contribution in [3.63, 3.8) is 0 Å². The van der Waals surface area contributed by atoms with Gasteiger partial charge in [-0.2, -0.15) is 4.98 Å². The van der Waals surface area contributed by atoms with Gasteiger partial charge >= 0.3 is 0 Å². The number of hydrogen-bond donors (Lipinski definition) is 1. The summed E-state index contributed by atoms with van der Waals surface area (Å²) in [5.74, 6) is 0.852. The predicted molar refractivity (Wildman–Crippen MR) is 72.9 cm³/mol. The first-order chi connectivity index (χ1) is 9.13. The highest BCUT2D eigenvalue weighted by atomic mass is 35.5. The standard InChI is InChI=1S/C13H16ClN3O2/c1-3-18-7-11(15)12-16-13(19-17-12)9-5-4-6-10(14)8(9)2/h4-6,11H,3,7,15H2,1-2H3. The van der Waals surface area contributed by atoms with Gasteiger partial charge in [-0.1, -0.05) is 22.8 Å². The Hall–Kier alpha value is -1.43. The van der Waals surface area contributed by atoms with Crippen LogP contribution in [0.2, 0.25) is 5.02 Å². The summed E-state index contributed by atoms with van der Waals surface area (Å²) >= 11 is 6.07. The van der Waals surface area contributed by atoms with E-state index in [-0.39, 0.29) is 0 Å². The molecule has 102 valence electrons. The van der Waals surface area contributed by atoms with Gasteiger partial charge < -0.3 is 15.0 Å². The van der Waals surface area contributed by atoms with Crippen molar-refractivity contribution in [2.24, 2.45) is 5.73 Å². The lowest BCUT2D eigenvalue weighted by atomic mass is 10.1. The van der Waals surface area contributed by atoms with Crippen LogP contribution in [0.5, 0.6) is 0 Å². The van der Waals surface area contributed by atoms with E-state index in [1.54, 1.807) is 0 Å². The number of rotatable bonds is 5. The van der Waals surface area contributed by atoms with Crippen LogP contribution >= 0.6 is 11.6 Å². The zero-order valence-corrected chi connectivity index (χ0v) is 11.6. The molecule has 0 aliphatic rings. The van der Waals surface area contributed by atoms with Crippen LogP contribution in [0.15, 0.2) is 22.7 Å². The van der Waals surface area contributed by atoms with Crippen molar-refractivity contribution in [2.45, 2.75) is 19.9 Å². The van der Waals surface area contributed by atoms with Crippen LogP contribution < -0.4 is 5.73 Å². The van der Waals surface area contributed by atoms with Gasteiger partial charge in [-0.15, -0.1) is 0 Å². The number of nitrogens with two attached hydrogens (primary N) is 1. The molecule has 0 saturated carbocycles. The van der Waals surface area contributed by atoms with Crippen molar-refractivity contribution >= 4 is 11.6 Å². The molecular weight excluding hydrogens is 266 g/mol. The average Bonchev–Trinajstić information content (AvgIpc) is 2.88. The van der Waals surface area contributed by atoms with Crippen LogP contribution in [0, 0.1) is 6.92 Å². The SMILES string of the molecule is CCOCC(N)c1noc(-c2cccc(Cl)c2C)n1. The maximum Gasteiger partial charge on any atom is 0.258 e. The van der Waals surface area contributed by atoms with E-state index < -0.39 is 6.04 Å². The summed E-state index contributed by atoms with van der Waals surface area (Å²) in [6.07, 6.45) is 0. The van der Waals surface area contributed by atoms with Crippen LogP contribution in [0.4, 0.5) is 0 Å². The molecule has 1 atom stereocenters. The van der Waals surface area contributed by atoms with Crippen LogP contribution in [0.1, 0.15) is 24.4 Å². The zero-order chi connectivity index (χ0) is 13.8. The van der Waals surface area contributed by atoms with E-state index in [4.69, 9.17) is 26.6 Å². The molecule has 1 aromatic carbocycles. The molecule has 0 amide bonds. The Balaban J connectivity index is 2.23. The number of benzene rings is 1. The van der Waals surface area contributed by atoms with E-state index in [0.717, 1.165) is 11.1 Å². The fourth-order valence-corrected chi connectivity index (χ4v) is 1.83. The third-order valence-corrected chi connectivity index (χ3v) is 3.18. The van der Waals surface area contributed by atoms with Crippen molar-refractivity contribution in [2.75, 3.05) is 13.2 Å². The third-order valence-electron chi connectivity index (χ3n) is 2.77. The molecule has 0 fully saturated rings. The van der Waals surface area contributed by atoms with Crippen molar-refractivity contribution in [3.05, 3.63) is 34.6 Å². The van der Waals surface area contributed by atoms with Crippen LogP contribution in [-0.2, 0) is 4.74 Å². The molecule has 2 N–H and O–H groups in total. The number of ether oxygens (including phenoxy) is 1. The first-order valence-corrected chi connectivity index (χ1v) is 6.43. The fourth-order valence-electron chi connectivity index (χ4n) is 1.65. The highest BCUT2D eigenvalue weighted by Crippen LogP contribution is 2.27. The Morgan fingerprint density at radius 3 is 3.00 bits per heavy atom. The van der Waals surface area contributed by atoms with E-state index in [9.17, 15) is 0 Å². The lowest BCUT2D eigenvalue weighted by molar-refractivity contribution is 0.130. The van der Waals surface area contributed by atoms with Gasteiger partial charge in [0, 0.05) is 17.2 Å². The summed E-state index contributed by atoms with van der Waals surface area (Å²) < 4.78 is 10.5. The molecule has 1 unspecified atom stereocenters. The highest BCUT2D eigenvalue weighted by Gasteiger charge is 2.17. The Morgan fingerprint density at radius 2 is 2.26 bits per heavy atom. The normalized spacial score (nSPS) is 12.6. The zero-order valence-electron chi connectivity index (χ0n) is 10.9. The maximum atomic E-state index is 6.07. The molecule has 0 saturated heterocycles. The smallest absolute Gasteiger partial charge is 0.258 e. The Morgan fingerprint density at radius 1 is 1.47 bits per heavy atom. The van der Waals surface area contributed by atoms with Gasteiger partial charge in [0.15, 0.2) is 5.82 Å². The molecule has 0 spiro atoms. The second-order valence-corrected chi connectivity index (χ2v) is 4.54. The number of nitrogens with zero attached hydrogens (tertiary/aromatic N) is 2. The van der Waals surface area contributed by atoms with E-state index in [1.165, 1.54) is 0 Å². The van der Waals surface area contributed by atoms with Crippen LogP contribution in [-0.4, -0.2) is 23.4 Å². The molecule has 2 rings (SSSR count). The summed E-state index contributed by atoms with van der Waals surface area (Å²) in [7, 11) is 0. The summed E-state index contributed by atoms with van der Waals surface area (Å²) in [4.78, 5) is 4.29. The predicted octanol–water partition coefficient (Wildman–Crippen LogP) is 2.73. The van der Waals surface area contributed by atoms with Gasteiger partial charge in [-0.25, -0.2) is 0 Å². The summed E-state index contributed by atoms with van der Waals surface area (Å²) in [6.45, 7) is 4.78. The van der Waals surface area contributed by atoms with Gasteiger partial charge in [0.25, 0.3) is 5.89 Å². The first kappa shape index (κ1) is 14.0. The summed E-state index contributed by atoms with van der Waals surface area (Å²) in [6, 6.07) is 5.15. The summed E-state index contributed by atoms with van der Waals surface area (Å²) in [5, 5.41) is 4.54. The Bertz CT molecular complexity index is 557. The first-order valence-electron chi connectivity index (χ1n) is 6.06. The lowest BCUT2D eigenvalue weighted by Crippen LogP contribution is -2.18. The van der Waals surface area contributed by atoms with Gasteiger partial charge in [-0.05, 0) is 31.5 Å². The minimum atomic E-state index is -0.392.